The van der Waals surface area contributed by atoms with E-state index in [0.29, 0.717) is 23.6 Å². The van der Waals surface area contributed by atoms with Gasteiger partial charge in [0.25, 0.3) is 5.69 Å². The summed E-state index contributed by atoms with van der Waals surface area (Å²) >= 11 is 0. The number of rotatable bonds is 10. The summed E-state index contributed by atoms with van der Waals surface area (Å²) < 4.78 is 11.1. The van der Waals surface area contributed by atoms with Gasteiger partial charge < -0.3 is 9.47 Å². The van der Waals surface area contributed by atoms with Crippen molar-refractivity contribution in [3.05, 3.63) is 94.0 Å². The molecule has 164 valence electrons. The fourth-order valence-corrected chi connectivity index (χ4v) is 2.85. The predicted octanol–water partition coefficient (Wildman–Crippen LogP) is 6.13. The minimum absolute atomic E-state index is 0.0157. The zero-order valence-electron chi connectivity index (χ0n) is 17.8. The highest BCUT2D eigenvalue weighted by molar-refractivity contribution is 5.91. The van der Waals surface area contributed by atoms with E-state index in [1.807, 2.05) is 0 Å². The third kappa shape index (κ3) is 6.77. The number of non-ortho nitro benzene ring substituents is 1. The van der Waals surface area contributed by atoms with Crippen LogP contribution < -0.4 is 9.47 Å². The van der Waals surface area contributed by atoms with Crippen LogP contribution in [0.2, 0.25) is 0 Å². The molecule has 0 amide bonds. The first-order valence-electron chi connectivity index (χ1n) is 10.4. The topological polar surface area (TPSA) is 91.0 Å². The van der Waals surface area contributed by atoms with Crippen molar-refractivity contribution in [2.24, 2.45) is 4.99 Å². The molecule has 0 bridgehead atoms. The highest BCUT2D eigenvalue weighted by Gasteiger charge is 2.09. The third-order valence-corrected chi connectivity index (χ3v) is 4.60. The average molecular weight is 432 g/mol. The number of hydrogen-bond acceptors (Lipinski definition) is 6. The van der Waals surface area contributed by atoms with Crippen LogP contribution in [-0.4, -0.2) is 23.7 Å². The van der Waals surface area contributed by atoms with Crippen molar-refractivity contribution in [2.75, 3.05) is 6.61 Å². The molecule has 3 rings (SSSR count). The van der Waals surface area contributed by atoms with E-state index in [1.54, 1.807) is 66.9 Å². The molecular weight excluding hydrogens is 408 g/mol. The number of nitrogens with zero attached hydrogens (tertiary/aromatic N) is 2. The second-order valence-electron chi connectivity index (χ2n) is 7.07. The van der Waals surface area contributed by atoms with Crippen molar-refractivity contribution in [3.63, 3.8) is 0 Å². The Morgan fingerprint density at radius 1 is 1.00 bits per heavy atom. The zero-order valence-corrected chi connectivity index (χ0v) is 17.8. The van der Waals surface area contributed by atoms with Gasteiger partial charge in [-0.05, 0) is 66.6 Å². The van der Waals surface area contributed by atoms with E-state index in [1.165, 1.54) is 12.1 Å². The van der Waals surface area contributed by atoms with Crippen molar-refractivity contribution in [1.29, 1.82) is 0 Å². The number of carbonyl (C=O) groups excluding carboxylic acids is 1. The van der Waals surface area contributed by atoms with Gasteiger partial charge in [-0.25, -0.2) is 4.79 Å². The van der Waals surface area contributed by atoms with Crippen LogP contribution in [0.25, 0.3) is 0 Å². The monoisotopic (exact) mass is 432 g/mol. The summed E-state index contributed by atoms with van der Waals surface area (Å²) in [6.07, 6.45) is 4.86. The molecule has 32 heavy (non-hydrogen) atoms. The maximum absolute atomic E-state index is 12.4. The number of benzene rings is 3. The lowest BCUT2D eigenvalue weighted by Gasteiger charge is -2.07. The summed E-state index contributed by atoms with van der Waals surface area (Å²) in [4.78, 5) is 27.0. The SMILES string of the molecule is CCCCCOc1ccc(C(=O)Oc2ccc(C=Nc3cccc([N+](=O)[O-])c3)cc2)cc1. The molecule has 3 aromatic carbocycles. The molecule has 0 spiro atoms. The average Bonchev–Trinajstić information content (AvgIpc) is 2.82. The smallest absolute Gasteiger partial charge is 0.343 e. The van der Waals surface area contributed by atoms with Gasteiger partial charge >= 0.3 is 5.97 Å². The largest absolute Gasteiger partial charge is 0.494 e. The Bertz CT molecular complexity index is 1080. The maximum atomic E-state index is 12.4. The molecule has 0 fully saturated rings. The normalized spacial score (nSPS) is 10.8. The van der Waals surface area contributed by atoms with E-state index in [9.17, 15) is 14.9 Å². The number of unbranched alkanes of at least 4 members (excludes halogenated alkanes) is 2. The molecule has 3 aromatic rings. The molecule has 0 aliphatic rings. The van der Waals surface area contributed by atoms with Crippen LogP contribution >= 0.6 is 0 Å². The van der Waals surface area contributed by atoms with Gasteiger partial charge in [-0.15, -0.1) is 0 Å². The van der Waals surface area contributed by atoms with E-state index < -0.39 is 10.9 Å². The molecule has 0 aromatic heterocycles. The molecule has 0 aliphatic heterocycles. The van der Waals surface area contributed by atoms with Crippen LogP contribution in [0, 0.1) is 10.1 Å². The molecule has 7 heteroatoms. The minimum Gasteiger partial charge on any atom is -0.494 e. The molecule has 0 heterocycles. The van der Waals surface area contributed by atoms with Gasteiger partial charge in [-0.3, -0.25) is 15.1 Å². The molecule has 0 unspecified atom stereocenters. The van der Waals surface area contributed by atoms with Gasteiger partial charge in [0, 0.05) is 18.3 Å². The molecule has 0 radical (unpaired) electrons. The van der Waals surface area contributed by atoms with E-state index in [2.05, 4.69) is 11.9 Å². The van der Waals surface area contributed by atoms with Crippen LogP contribution in [0.1, 0.15) is 42.1 Å². The molecule has 0 N–H and O–H groups in total. The van der Waals surface area contributed by atoms with Crippen molar-refractivity contribution in [2.45, 2.75) is 26.2 Å². The second kappa shape index (κ2) is 11.4. The summed E-state index contributed by atoms with van der Waals surface area (Å²) in [6.45, 7) is 2.80. The molecule has 0 atom stereocenters. The van der Waals surface area contributed by atoms with E-state index in [0.717, 1.165) is 30.6 Å². The first kappa shape index (κ1) is 22.7. The third-order valence-electron chi connectivity index (χ3n) is 4.60. The summed E-state index contributed by atoms with van der Waals surface area (Å²) in [5.41, 5.74) is 1.66. The predicted molar refractivity (Wildman–Crippen MR) is 123 cm³/mol. The number of nitro groups is 1. The highest BCUT2D eigenvalue weighted by atomic mass is 16.6. The quantitative estimate of drug-likeness (QED) is 0.0959. The van der Waals surface area contributed by atoms with Crippen LogP contribution in [0.5, 0.6) is 11.5 Å². The van der Waals surface area contributed by atoms with Gasteiger partial charge in [0.2, 0.25) is 0 Å². The maximum Gasteiger partial charge on any atom is 0.343 e. The van der Waals surface area contributed by atoms with Crippen LogP contribution in [0.15, 0.2) is 77.8 Å². The van der Waals surface area contributed by atoms with Crippen molar-refractivity contribution in [1.82, 2.24) is 0 Å². The number of ether oxygens (including phenoxy) is 2. The summed E-state index contributed by atoms with van der Waals surface area (Å²) in [6, 6.07) is 19.8. The number of nitro benzene ring substituents is 1. The van der Waals surface area contributed by atoms with Gasteiger partial charge in [0.15, 0.2) is 0 Å². The number of hydrogen-bond donors (Lipinski definition) is 0. The standard InChI is InChI=1S/C25H24N2O5/c1-2-3-4-16-31-23-14-10-20(11-15-23)25(28)32-24-12-8-19(9-13-24)18-26-21-6-5-7-22(17-21)27(29)30/h5-15,17-18H,2-4,16H2,1H3. The van der Waals surface area contributed by atoms with Crippen LogP contribution in [0.3, 0.4) is 0 Å². The fraction of sp³-hybridized carbons (Fsp3) is 0.200. The van der Waals surface area contributed by atoms with Gasteiger partial charge in [-0.2, -0.15) is 0 Å². The number of aliphatic imine (C=N–C) groups is 1. The Morgan fingerprint density at radius 2 is 1.72 bits per heavy atom. The lowest BCUT2D eigenvalue weighted by molar-refractivity contribution is -0.384. The summed E-state index contributed by atoms with van der Waals surface area (Å²) in [7, 11) is 0. The molecule has 0 aliphatic carbocycles. The van der Waals surface area contributed by atoms with Gasteiger partial charge in [0.1, 0.15) is 11.5 Å². The molecule has 0 saturated heterocycles. The molecule has 0 saturated carbocycles. The van der Waals surface area contributed by atoms with Crippen LogP contribution in [0.4, 0.5) is 11.4 Å². The van der Waals surface area contributed by atoms with Crippen molar-refractivity contribution < 1.29 is 19.2 Å². The fourth-order valence-electron chi connectivity index (χ4n) is 2.85. The van der Waals surface area contributed by atoms with E-state index in [-0.39, 0.29) is 5.69 Å². The highest BCUT2D eigenvalue weighted by Crippen LogP contribution is 2.20. The van der Waals surface area contributed by atoms with Gasteiger partial charge in [-0.1, -0.05) is 25.8 Å². The Hall–Kier alpha value is -4.00. The summed E-state index contributed by atoms with van der Waals surface area (Å²) in [5.74, 6) is 0.674. The molecule has 7 nitrogen and oxygen atoms in total. The lowest BCUT2D eigenvalue weighted by atomic mass is 10.2. The Labute approximate surface area is 186 Å². The second-order valence-corrected chi connectivity index (χ2v) is 7.07. The Balaban J connectivity index is 1.55. The van der Waals surface area contributed by atoms with Gasteiger partial charge in [0.05, 0.1) is 22.8 Å². The van der Waals surface area contributed by atoms with Crippen molar-refractivity contribution in [3.8, 4) is 11.5 Å². The number of esters is 1. The van der Waals surface area contributed by atoms with E-state index in [4.69, 9.17) is 9.47 Å². The van der Waals surface area contributed by atoms with Crippen LogP contribution in [-0.2, 0) is 0 Å². The summed E-state index contributed by atoms with van der Waals surface area (Å²) in [5, 5.41) is 10.8. The first-order valence-corrected chi connectivity index (χ1v) is 10.4. The molecular formula is C25H24N2O5. The lowest BCUT2D eigenvalue weighted by Crippen LogP contribution is -2.08. The minimum atomic E-state index is -0.462. The Morgan fingerprint density at radius 3 is 2.41 bits per heavy atom. The van der Waals surface area contributed by atoms with E-state index >= 15 is 0 Å². The zero-order chi connectivity index (χ0) is 22.8. The first-order chi connectivity index (χ1) is 15.5. The number of carbonyl (C=O) groups is 1. The van der Waals surface area contributed by atoms with Crippen molar-refractivity contribution >= 4 is 23.6 Å². The Kier molecular flexibility index (Phi) is 8.09.